The van der Waals surface area contributed by atoms with Gasteiger partial charge in [-0.2, -0.15) is 0 Å². The first-order chi connectivity index (χ1) is 10.7. The highest BCUT2D eigenvalue weighted by Crippen LogP contribution is 2.32. The summed E-state index contributed by atoms with van der Waals surface area (Å²) in [5, 5.41) is 8.88. The molecule has 3 rings (SSSR count). The second-order valence-electron chi connectivity index (χ2n) is 4.65. The van der Waals surface area contributed by atoms with Gasteiger partial charge in [-0.05, 0) is 17.7 Å². The van der Waals surface area contributed by atoms with Crippen LogP contribution >= 0.6 is 0 Å². The van der Waals surface area contributed by atoms with E-state index >= 15 is 0 Å². The Bertz CT molecular complexity index is 783. The van der Waals surface area contributed by atoms with E-state index in [1.54, 1.807) is 6.07 Å². The third kappa shape index (κ3) is 2.96. The van der Waals surface area contributed by atoms with Crippen molar-refractivity contribution < 1.29 is 14.6 Å². The molecule has 0 atom stereocenters. The molecule has 0 fully saturated rings. The van der Waals surface area contributed by atoms with Crippen LogP contribution in [0.4, 0.5) is 0 Å². The van der Waals surface area contributed by atoms with Crippen molar-refractivity contribution in [3.8, 4) is 22.8 Å². The fourth-order valence-corrected chi connectivity index (χ4v) is 2.09. The van der Waals surface area contributed by atoms with Crippen molar-refractivity contribution in [1.82, 2.24) is 4.98 Å². The lowest BCUT2D eigenvalue weighted by Crippen LogP contribution is -1.97. The molecule has 4 nitrogen and oxygen atoms in total. The Morgan fingerprint density at radius 3 is 2.32 bits per heavy atom. The Kier molecular flexibility index (Phi) is 3.83. The number of carbonyl (C=O) groups is 1. The van der Waals surface area contributed by atoms with E-state index in [9.17, 15) is 4.79 Å². The highest BCUT2D eigenvalue weighted by Gasteiger charge is 2.08. The highest BCUT2D eigenvalue weighted by molar-refractivity contribution is 5.87. The Morgan fingerprint density at radius 1 is 0.909 bits per heavy atom. The summed E-state index contributed by atoms with van der Waals surface area (Å²) in [5.41, 5.74) is 2.12. The van der Waals surface area contributed by atoms with Gasteiger partial charge in [0.05, 0.1) is 5.56 Å². The lowest BCUT2D eigenvalue weighted by atomic mass is 10.1. The zero-order chi connectivity index (χ0) is 15.4. The number of carboxylic acid groups (broad SMARTS) is 1. The minimum Gasteiger partial charge on any atom is -0.478 e. The predicted octanol–water partition coefficient (Wildman–Crippen LogP) is 4.24. The summed E-state index contributed by atoms with van der Waals surface area (Å²) in [7, 11) is 0. The van der Waals surface area contributed by atoms with Crippen LogP contribution in [0.25, 0.3) is 11.1 Å². The molecule has 2 aromatic carbocycles. The van der Waals surface area contributed by atoms with Crippen LogP contribution in [0.1, 0.15) is 10.4 Å². The predicted molar refractivity (Wildman–Crippen MR) is 83.1 cm³/mol. The first-order valence-electron chi connectivity index (χ1n) is 6.76. The lowest BCUT2D eigenvalue weighted by Gasteiger charge is -2.10. The number of carboxylic acids is 1. The molecular formula is C18H13NO3. The van der Waals surface area contributed by atoms with Gasteiger partial charge in [-0.25, -0.2) is 9.78 Å². The number of benzene rings is 2. The fraction of sp³-hybridized carbons (Fsp3) is 0. The lowest BCUT2D eigenvalue weighted by molar-refractivity contribution is 0.0696. The molecule has 0 saturated heterocycles. The SMILES string of the molecule is O=C(O)c1ccc(Oc2ccccc2-c2ccccc2)nc1. The van der Waals surface area contributed by atoms with E-state index in [4.69, 9.17) is 9.84 Å². The number of nitrogens with zero attached hydrogens (tertiary/aromatic N) is 1. The van der Waals surface area contributed by atoms with Crippen molar-refractivity contribution >= 4 is 5.97 Å². The normalized spacial score (nSPS) is 10.2. The molecule has 0 spiro atoms. The maximum Gasteiger partial charge on any atom is 0.337 e. The van der Waals surface area contributed by atoms with Crippen molar-refractivity contribution in [3.63, 3.8) is 0 Å². The Labute approximate surface area is 127 Å². The molecule has 0 amide bonds. The highest BCUT2D eigenvalue weighted by atomic mass is 16.5. The van der Waals surface area contributed by atoms with Crippen molar-refractivity contribution in [1.29, 1.82) is 0 Å². The molecule has 0 unspecified atom stereocenters. The van der Waals surface area contributed by atoms with E-state index in [-0.39, 0.29) is 5.56 Å². The van der Waals surface area contributed by atoms with Crippen LogP contribution in [0.2, 0.25) is 0 Å². The average Bonchev–Trinajstić information content (AvgIpc) is 2.57. The summed E-state index contributed by atoms with van der Waals surface area (Å²) in [5.74, 6) is 0.0152. The molecule has 108 valence electrons. The number of ether oxygens (including phenoxy) is 1. The molecule has 0 saturated carbocycles. The quantitative estimate of drug-likeness (QED) is 0.781. The van der Waals surface area contributed by atoms with E-state index in [1.165, 1.54) is 12.3 Å². The number of para-hydroxylation sites is 1. The largest absolute Gasteiger partial charge is 0.478 e. The topological polar surface area (TPSA) is 59.4 Å². The number of pyridine rings is 1. The molecule has 1 N–H and O–H groups in total. The van der Waals surface area contributed by atoms with Crippen LogP contribution in [0, 0.1) is 0 Å². The standard InChI is InChI=1S/C18H13NO3/c20-18(21)14-10-11-17(19-12-14)22-16-9-5-4-8-15(16)13-6-2-1-3-7-13/h1-12H,(H,20,21). The van der Waals surface area contributed by atoms with Crippen molar-refractivity contribution in [2.24, 2.45) is 0 Å². The van der Waals surface area contributed by atoms with Gasteiger partial charge < -0.3 is 9.84 Å². The molecule has 0 aliphatic carbocycles. The van der Waals surface area contributed by atoms with Crippen LogP contribution in [0.15, 0.2) is 72.9 Å². The molecule has 22 heavy (non-hydrogen) atoms. The molecule has 1 heterocycles. The van der Waals surface area contributed by atoms with Crippen LogP contribution in [0.5, 0.6) is 11.6 Å². The number of hydrogen-bond donors (Lipinski definition) is 1. The second kappa shape index (κ2) is 6.10. The van der Waals surface area contributed by atoms with E-state index < -0.39 is 5.97 Å². The fourth-order valence-electron chi connectivity index (χ4n) is 2.09. The van der Waals surface area contributed by atoms with E-state index in [1.807, 2.05) is 54.6 Å². The molecule has 1 aromatic heterocycles. The Morgan fingerprint density at radius 2 is 1.64 bits per heavy atom. The van der Waals surface area contributed by atoms with Gasteiger partial charge in [-0.1, -0.05) is 48.5 Å². The number of aromatic carboxylic acids is 1. The third-order valence-corrected chi connectivity index (χ3v) is 3.17. The maximum atomic E-state index is 10.8. The first kappa shape index (κ1) is 13.8. The molecule has 0 bridgehead atoms. The molecule has 4 heteroatoms. The molecule has 3 aromatic rings. The van der Waals surface area contributed by atoms with E-state index in [2.05, 4.69) is 4.98 Å². The van der Waals surface area contributed by atoms with Gasteiger partial charge in [0, 0.05) is 17.8 Å². The minimum atomic E-state index is -1.01. The number of hydrogen-bond acceptors (Lipinski definition) is 3. The summed E-state index contributed by atoms with van der Waals surface area (Å²) in [6.45, 7) is 0. The van der Waals surface area contributed by atoms with Crippen LogP contribution in [-0.2, 0) is 0 Å². The first-order valence-corrected chi connectivity index (χ1v) is 6.76. The molecule has 0 aliphatic heterocycles. The van der Waals surface area contributed by atoms with Crippen LogP contribution in [-0.4, -0.2) is 16.1 Å². The molecule has 0 aliphatic rings. The Hall–Kier alpha value is -3.14. The van der Waals surface area contributed by atoms with Crippen LogP contribution < -0.4 is 4.74 Å². The smallest absolute Gasteiger partial charge is 0.337 e. The Balaban J connectivity index is 1.91. The molecular weight excluding hydrogens is 278 g/mol. The summed E-state index contributed by atoms with van der Waals surface area (Å²) in [6, 6.07) is 20.6. The summed E-state index contributed by atoms with van der Waals surface area (Å²) in [4.78, 5) is 14.9. The number of rotatable bonds is 4. The zero-order valence-electron chi connectivity index (χ0n) is 11.6. The van der Waals surface area contributed by atoms with Crippen molar-refractivity contribution in [2.75, 3.05) is 0 Å². The van der Waals surface area contributed by atoms with Crippen molar-refractivity contribution in [2.45, 2.75) is 0 Å². The monoisotopic (exact) mass is 291 g/mol. The average molecular weight is 291 g/mol. The zero-order valence-corrected chi connectivity index (χ0v) is 11.6. The van der Waals surface area contributed by atoms with Crippen molar-refractivity contribution in [3.05, 3.63) is 78.5 Å². The minimum absolute atomic E-state index is 0.128. The van der Waals surface area contributed by atoms with E-state index in [0.717, 1.165) is 11.1 Å². The van der Waals surface area contributed by atoms with E-state index in [0.29, 0.717) is 11.6 Å². The van der Waals surface area contributed by atoms with Crippen LogP contribution in [0.3, 0.4) is 0 Å². The summed E-state index contributed by atoms with van der Waals surface area (Å²) < 4.78 is 5.79. The van der Waals surface area contributed by atoms with Gasteiger partial charge in [0.25, 0.3) is 0 Å². The van der Waals surface area contributed by atoms with Gasteiger partial charge in [0.2, 0.25) is 5.88 Å². The second-order valence-corrected chi connectivity index (χ2v) is 4.65. The van der Waals surface area contributed by atoms with Gasteiger partial charge in [0.1, 0.15) is 5.75 Å². The maximum absolute atomic E-state index is 10.8. The number of aromatic nitrogens is 1. The summed E-state index contributed by atoms with van der Waals surface area (Å²) >= 11 is 0. The third-order valence-electron chi connectivity index (χ3n) is 3.17. The van der Waals surface area contributed by atoms with Gasteiger partial charge in [-0.15, -0.1) is 0 Å². The van der Waals surface area contributed by atoms with Gasteiger partial charge in [-0.3, -0.25) is 0 Å². The van der Waals surface area contributed by atoms with Gasteiger partial charge in [0.15, 0.2) is 0 Å². The summed E-state index contributed by atoms with van der Waals surface area (Å²) in [6.07, 6.45) is 1.28. The van der Waals surface area contributed by atoms with Gasteiger partial charge >= 0.3 is 5.97 Å². The molecule has 0 radical (unpaired) electrons.